The number of ether oxygens (including phenoxy) is 3. The van der Waals surface area contributed by atoms with Crippen LogP contribution in [0.3, 0.4) is 0 Å². The molecule has 0 amide bonds. The number of carbonyl (C=O) groups is 1. The van der Waals surface area contributed by atoms with Gasteiger partial charge in [0.25, 0.3) is 0 Å². The largest absolute Gasteiger partial charge is 0.494 e. The normalized spacial score (nSPS) is 17.0. The second-order valence-electron chi connectivity index (χ2n) is 11.1. The Morgan fingerprint density at radius 1 is 0.750 bits per heavy atom. The van der Waals surface area contributed by atoms with Gasteiger partial charge in [-0.3, -0.25) is 0 Å². The van der Waals surface area contributed by atoms with Gasteiger partial charge >= 0.3 is 42.4 Å². The molecular weight excluding hydrogens is 625 g/mol. The van der Waals surface area contributed by atoms with Crippen LogP contribution in [0.4, 0.5) is 0 Å². The molecule has 1 atom stereocenters. The topological polar surface area (TPSA) is 81.7 Å². The summed E-state index contributed by atoms with van der Waals surface area (Å²) in [6.07, 6.45) is 2.94. The van der Waals surface area contributed by atoms with Crippen molar-refractivity contribution in [1.29, 1.82) is 0 Å². The van der Waals surface area contributed by atoms with Gasteiger partial charge in [-0.15, -0.1) is 0 Å². The highest BCUT2D eigenvalue weighted by atomic mass is 28.5. The summed E-state index contributed by atoms with van der Waals surface area (Å²) < 4.78 is 41.8. The summed E-state index contributed by atoms with van der Waals surface area (Å²) in [4.78, 5) is 12.7. The van der Waals surface area contributed by atoms with Gasteiger partial charge in [-0.2, -0.15) is 0 Å². The van der Waals surface area contributed by atoms with Crippen LogP contribution in [0.1, 0.15) is 43.5 Å². The Labute approximate surface area is 268 Å². The van der Waals surface area contributed by atoms with Crippen molar-refractivity contribution in [3.05, 3.63) is 78.4 Å². The Morgan fingerprint density at radius 3 is 1.86 bits per heavy atom. The van der Waals surface area contributed by atoms with Crippen molar-refractivity contribution in [3.8, 4) is 28.4 Å². The highest BCUT2D eigenvalue weighted by molar-refractivity contribution is 6.81. The monoisotopic (exact) mass is 667 g/mol. The molecule has 0 aliphatic carbocycles. The van der Waals surface area contributed by atoms with Crippen molar-refractivity contribution in [2.24, 2.45) is 5.92 Å². The average molecular weight is 668 g/mol. The van der Waals surface area contributed by atoms with Crippen LogP contribution in [-0.2, 0) is 16.5 Å². The van der Waals surface area contributed by atoms with Crippen molar-refractivity contribution in [3.63, 3.8) is 0 Å². The smallest absolute Gasteiger partial charge is 0.362 e. The molecule has 0 bridgehead atoms. The van der Waals surface area contributed by atoms with Gasteiger partial charge < -0.3 is 30.7 Å². The first kappa shape index (κ1) is 34.3. The zero-order valence-corrected chi connectivity index (χ0v) is 30.5. The minimum absolute atomic E-state index is 0.401. The standard InChI is InChI=1S/C32H43O8Si4/c1-7-25(2)24-35-30-18-20-31(21-19-30)36-32(33)28-12-10-26(11-13-28)27-14-16-29(17-15-27)34-22-8-9-23-44(6)39-42(4)37-41(3)38-43(5)40-44/h10-21,25H,7-9,22-24H2,1-6H3. The second-order valence-corrected chi connectivity index (χ2v) is 20.1. The molecule has 4 rings (SSSR count). The van der Waals surface area contributed by atoms with Crippen LogP contribution in [0.25, 0.3) is 11.1 Å². The molecule has 3 radical (unpaired) electrons. The number of hydrogen-bond acceptors (Lipinski definition) is 8. The van der Waals surface area contributed by atoms with Crippen LogP contribution >= 0.6 is 0 Å². The molecule has 0 spiro atoms. The minimum Gasteiger partial charge on any atom is -0.494 e. The van der Waals surface area contributed by atoms with E-state index in [1.807, 2.05) is 68.2 Å². The maximum Gasteiger partial charge on any atom is 0.362 e. The number of unbranched alkanes of at least 4 members (excludes halogenated alkanes) is 1. The van der Waals surface area contributed by atoms with E-state index in [9.17, 15) is 4.79 Å². The lowest BCUT2D eigenvalue weighted by Gasteiger charge is -2.35. The van der Waals surface area contributed by atoms with Crippen molar-refractivity contribution >= 4 is 42.4 Å². The molecule has 0 N–H and O–H groups in total. The predicted molar refractivity (Wildman–Crippen MR) is 179 cm³/mol. The Balaban J connectivity index is 1.20. The fourth-order valence-corrected chi connectivity index (χ4v) is 16.6. The molecule has 1 aliphatic heterocycles. The summed E-state index contributed by atoms with van der Waals surface area (Å²) in [6.45, 7) is 13.7. The summed E-state index contributed by atoms with van der Waals surface area (Å²) >= 11 is 0. The zero-order chi connectivity index (χ0) is 31.5. The molecule has 1 fully saturated rings. The fourth-order valence-electron chi connectivity index (χ4n) is 4.61. The van der Waals surface area contributed by atoms with E-state index in [1.165, 1.54) is 0 Å². The number of hydrogen-bond donors (Lipinski definition) is 0. The summed E-state index contributed by atoms with van der Waals surface area (Å²) in [6, 6.07) is 23.4. The van der Waals surface area contributed by atoms with E-state index in [-0.39, 0.29) is 0 Å². The second kappa shape index (κ2) is 16.7. The van der Waals surface area contributed by atoms with E-state index < -0.39 is 42.4 Å². The Hall–Kier alpha value is -2.56. The van der Waals surface area contributed by atoms with Crippen LogP contribution in [0.5, 0.6) is 17.2 Å². The summed E-state index contributed by atoms with van der Waals surface area (Å²) in [5.74, 6) is 2.16. The molecule has 235 valence electrons. The Morgan fingerprint density at radius 2 is 1.27 bits per heavy atom. The molecule has 1 aliphatic rings. The van der Waals surface area contributed by atoms with E-state index in [0.29, 0.717) is 30.4 Å². The Bertz CT molecular complexity index is 1290. The van der Waals surface area contributed by atoms with Crippen LogP contribution in [-0.4, -0.2) is 55.6 Å². The van der Waals surface area contributed by atoms with E-state index in [0.717, 1.165) is 47.9 Å². The number of benzene rings is 3. The lowest BCUT2D eigenvalue weighted by Crippen LogP contribution is -2.52. The highest BCUT2D eigenvalue weighted by Crippen LogP contribution is 2.26. The number of esters is 1. The summed E-state index contributed by atoms with van der Waals surface area (Å²) in [5, 5.41) is 0. The van der Waals surface area contributed by atoms with Crippen molar-refractivity contribution < 1.29 is 35.5 Å². The third kappa shape index (κ3) is 10.8. The average Bonchev–Trinajstić information content (AvgIpc) is 2.99. The summed E-state index contributed by atoms with van der Waals surface area (Å²) in [5.41, 5.74) is 2.53. The lowest BCUT2D eigenvalue weighted by molar-refractivity contribution is 0.0734. The van der Waals surface area contributed by atoms with Crippen molar-refractivity contribution in [1.82, 2.24) is 0 Å². The number of rotatable bonds is 13. The van der Waals surface area contributed by atoms with Crippen molar-refractivity contribution in [2.45, 2.75) is 65.3 Å². The van der Waals surface area contributed by atoms with E-state index >= 15 is 0 Å². The van der Waals surface area contributed by atoms with Gasteiger partial charge in [-0.05, 0) is 111 Å². The molecule has 1 heterocycles. The molecule has 0 saturated carbocycles. The molecular formula is C32H43O8Si4. The minimum atomic E-state index is -2.32. The summed E-state index contributed by atoms with van der Waals surface area (Å²) in [7, 11) is -6.30. The van der Waals surface area contributed by atoms with Crippen LogP contribution in [0.2, 0.25) is 32.2 Å². The zero-order valence-electron chi connectivity index (χ0n) is 26.5. The maximum absolute atomic E-state index is 12.7. The first-order valence-corrected chi connectivity index (χ1v) is 23.1. The molecule has 8 nitrogen and oxygen atoms in total. The molecule has 0 aromatic heterocycles. The number of carbonyl (C=O) groups excluding carboxylic acids is 1. The third-order valence-electron chi connectivity index (χ3n) is 7.16. The van der Waals surface area contributed by atoms with Crippen LogP contribution in [0, 0.1) is 5.92 Å². The van der Waals surface area contributed by atoms with E-state index in [2.05, 4.69) is 20.4 Å². The van der Waals surface area contributed by atoms with E-state index in [4.69, 9.17) is 30.7 Å². The van der Waals surface area contributed by atoms with Gasteiger partial charge in [0.15, 0.2) is 0 Å². The van der Waals surface area contributed by atoms with Gasteiger partial charge in [0.2, 0.25) is 0 Å². The first-order chi connectivity index (χ1) is 21.1. The highest BCUT2D eigenvalue weighted by Gasteiger charge is 2.40. The molecule has 1 unspecified atom stereocenters. The van der Waals surface area contributed by atoms with Gasteiger partial charge in [-0.1, -0.05) is 44.5 Å². The van der Waals surface area contributed by atoms with Gasteiger partial charge in [-0.25, -0.2) is 4.79 Å². The SMILES string of the molecule is CCC(C)COc1ccc(OC(=O)c2ccc(-c3ccc(OCCCC[Si]4(C)O[Si](C)O[Si](C)O[Si](C)O4)cc3)cc2)cc1. The fraction of sp³-hybridized carbons (Fsp3) is 0.406. The molecule has 3 aromatic carbocycles. The van der Waals surface area contributed by atoms with Crippen LogP contribution < -0.4 is 14.2 Å². The molecule has 3 aromatic rings. The molecule has 1 saturated heterocycles. The third-order valence-corrected chi connectivity index (χ3v) is 18.8. The first-order valence-electron chi connectivity index (χ1n) is 15.1. The predicted octanol–water partition coefficient (Wildman–Crippen LogP) is 7.66. The van der Waals surface area contributed by atoms with Gasteiger partial charge in [0.05, 0.1) is 18.8 Å². The van der Waals surface area contributed by atoms with Crippen molar-refractivity contribution in [2.75, 3.05) is 13.2 Å². The quantitative estimate of drug-likeness (QED) is 0.0796. The van der Waals surface area contributed by atoms with Gasteiger partial charge in [0, 0.05) is 0 Å². The van der Waals surface area contributed by atoms with E-state index in [1.54, 1.807) is 24.3 Å². The van der Waals surface area contributed by atoms with Crippen LogP contribution in [0.15, 0.2) is 72.8 Å². The lowest BCUT2D eigenvalue weighted by atomic mass is 10.0. The van der Waals surface area contributed by atoms with Gasteiger partial charge in [0.1, 0.15) is 17.2 Å². The molecule has 44 heavy (non-hydrogen) atoms. The molecule has 12 heteroatoms. The maximum atomic E-state index is 12.7. The Kier molecular flexibility index (Phi) is 13.0.